The smallest absolute Gasteiger partial charge is 0.146 e. The molecule has 0 amide bonds. The van der Waals surface area contributed by atoms with Gasteiger partial charge < -0.3 is 8.83 Å². The first-order valence-corrected chi connectivity index (χ1v) is 10.2. The Morgan fingerprint density at radius 2 is 1.45 bits per heavy atom. The Bertz CT molecular complexity index is 2010. The number of aromatic nitrogens is 3. The first-order chi connectivity index (χ1) is 15.4. The first-order valence-electron chi connectivity index (χ1n) is 10.2. The predicted octanol–water partition coefficient (Wildman–Crippen LogP) is 6.83. The Labute approximate surface area is 174 Å². The highest BCUT2D eigenvalue weighted by Gasteiger charge is 2.19. The highest BCUT2D eigenvalue weighted by atomic mass is 16.3. The van der Waals surface area contributed by atoms with E-state index in [9.17, 15) is 0 Å². The van der Waals surface area contributed by atoms with Gasteiger partial charge in [-0.15, -0.1) is 0 Å². The van der Waals surface area contributed by atoms with Gasteiger partial charge in [-0.1, -0.05) is 18.2 Å². The monoisotopic (exact) mass is 399 g/mol. The van der Waals surface area contributed by atoms with E-state index in [0.29, 0.717) is 0 Å². The number of benzene rings is 3. The Hall–Kier alpha value is -4.38. The van der Waals surface area contributed by atoms with E-state index in [1.54, 1.807) is 0 Å². The van der Waals surface area contributed by atoms with E-state index in [-0.39, 0.29) is 0 Å². The molecule has 0 unspecified atom stereocenters. The summed E-state index contributed by atoms with van der Waals surface area (Å²) in [5.41, 5.74) is 6.30. The van der Waals surface area contributed by atoms with Crippen LogP contribution < -0.4 is 0 Å². The largest absolute Gasteiger partial charge is 0.456 e. The fourth-order valence-electron chi connectivity index (χ4n) is 4.99. The molecule has 144 valence electrons. The van der Waals surface area contributed by atoms with E-state index in [4.69, 9.17) is 8.83 Å². The van der Waals surface area contributed by atoms with Crippen LogP contribution in [0.4, 0.5) is 0 Å². The van der Waals surface area contributed by atoms with Crippen LogP contribution in [0.15, 0.2) is 88.1 Å². The molecule has 0 saturated heterocycles. The van der Waals surface area contributed by atoms with Crippen LogP contribution in [0, 0.1) is 0 Å². The Morgan fingerprint density at radius 3 is 2.45 bits per heavy atom. The molecule has 8 rings (SSSR count). The maximum Gasteiger partial charge on any atom is 0.146 e. The fourth-order valence-corrected chi connectivity index (χ4v) is 4.99. The number of pyridine rings is 2. The zero-order valence-electron chi connectivity index (χ0n) is 16.2. The number of nitrogens with zero attached hydrogens (tertiary/aromatic N) is 3. The van der Waals surface area contributed by atoms with Gasteiger partial charge in [0.1, 0.15) is 28.0 Å². The predicted molar refractivity (Wildman–Crippen MR) is 123 cm³/mol. The van der Waals surface area contributed by atoms with E-state index in [0.717, 1.165) is 71.3 Å². The highest BCUT2D eigenvalue weighted by molar-refractivity contribution is 6.25. The van der Waals surface area contributed by atoms with Gasteiger partial charge in [-0.05, 0) is 42.5 Å². The number of hydrogen-bond acceptors (Lipinski definition) is 4. The maximum atomic E-state index is 6.33. The zero-order chi connectivity index (χ0) is 20.1. The zero-order valence-corrected chi connectivity index (χ0v) is 16.2. The molecule has 0 aliphatic carbocycles. The fraction of sp³-hybridized carbons (Fsp3) is 0. The van der Waals surface area contributed by atoms with Crippen LogP contribution in [-0.2, 0) is 0 Å². The second kappa shape index (κ2) is 5.21. The van der Waals surface area contributed by atoms with Crippen molar-refractivity contribution in [2.24, 2.45) is 0 Å². The summed E-state index contributed by atoms with van der Waals surface area (Å²) in [6.07, 6.45) is 5.67. The van der Waals surface area contributed by atoms with Crippen molar-refractivity contribution >= 4 is 71.3 Å². The third kappa shape index (κ3) is 1.82. The summed E-state index contributed by atoms with van der Waals surface area (Å²) in [5.74, 6) is 0. The molecular weight excluding hydrogens is 386 g/mol. The number of para-hydroxylation sites is 1. The molecule has 5 aromatic heterocycles. The van der Waals surface area contributed by atoms with Crippen LogP contribution in [0.25, 0.3) is 71.3 Å². The number of fused-ring (bicyclic) bond motifs is 13. The number of furan rings is 2. The van der Waals surface area contributed by atoms with Gasteiger partial charge in [0.2, 0.25) is 0 Å². The summed E-state index contributed by atoms with van der Waals surface area (Å²) in [5, 5.41) is 6.33. The molecule has 0 aliphatic rings. The van der Waals surface area contributed by atoms with Gasteiger partial charge in [-0.3, -0.25) is 9.38 Å². The molecule has 0 N–H and O–H groups in total. The quantitative estimate of drug-likeness (QED) is 0.262. The molecule has 8 aromatic rings. The minimum Gasteiger partial charge on any atom is -0.456 e. The van der Waals surface area contributed by atoms with Crippen molar-refractivity contribution in [2.45, 2.75) is 0 Å². The maximum absolute atomic E-state index is 6.33. The van der Waals surface area contributed by atoms with Crippen LogP contribution in [0.5, 0.6) is 0 Å². The topological polar surface area (TPSA) is 56.5 Å². The average molecular weight is 399 g/mol. The molecule has 0 saturated carbocycles. The second-order valence-corrected chi connectivity index (χ2v) is 7.90. The third-order valence-electron chi connectivity index (χ3n) is 6.29. The van der Waals surface area contributed by atoms with Crippen LogP contribution in [-0.4, -0.2) is 14.4 Å². The lowest BCUT2D eigenvalue weighted by molar-refractivity contribution is 0.664. The van der Waals surface area contributed by atoms with Crippen molar-refractivity contribution in [3.8, 4) is 0 Å². The van der Waals surface area contributed by atoms with Gasteiger partial charge in [-0.25, -0.2) is 4.98 Å². The lowest BCUT2D eigenvalue weighted by atomic mass is 10.0. The van der Waals surface area contributed by atoms with Crippen LogP contribution in [0.2, 0.25) is 0 Å². The van der Waals surface area contributed by atoms with Gasteiger partial charge in [0.25, 0.3) is 0 Å². The van der Waals surface area contributed by atoms with E-state index < -0.39 is 0 Å². The number of imidazole rings is 1. The lowest BCUT2D eigenvalue weighted by Crippen LogP contribution is -1.92. The van der Waals surface area contributed by atoms with Crippen molar-refractivity contribution in [3.05, 3.63) is 79.3 Å². The van der Waals surface area contributed by atoms with Crippen molar-refractivity contribution in [1.82, 2.24) is 14.4 Å². The molecule has 5 heterocycles. The Balaban J connectivity index is 1.66. The van der Waals surface area contributed by atoms with Gasteiger partial charge in [0.15, 0.2) is 0 Å². The molecule has 0 radical (unpaired) electrons. The van der Waals surface area contributed by atoms with E-state index in [2.05, 4.69) is 44.7 Å². The summed E-state index contributed by atoms with van der Waals surface area (Å²) in [6.45, 7) is 0. The molecule has 5 nitrogen and oxygen atoms in total. The lowest BCUT2D eigenvalue weighted by Gasteiger charge is -2.08. The molecule has 0 atom stereocenters. The van der Waals surface area contributed by atoms with Crippen LogP contribution in [0.3, 0.4) is 0 Å². The van der Waals surface area contributed by atoms with Crippen LogP contribution >= 0.6 is 0 Å². The SMILES string of the molecule is c1ccc2c(c1)oc1cc3c(cc12)oc1ccc2c4ncccc4c4nccn4c2c13. The van der Waals surface area contributed by atoms with Crippen molar-refractivity contribution in [1.29, 1.82) is 0 Å². The van der Waals surface area contributed by atoms with E-state index in [1.165, 1.54) is 0 Å². The summed E-state index contributed by atoms with van der Waals surface area (Å²) < 4.78 is 14.6. The highest BCUT2D eigenvalue weighted by Crippen LogP contribution is 2.40. The molecule has 0 spiro atoms. The van der Waals surface area contributed by atoms with Crippen LogP contribution in [0.1, 0.15) is 0 Å². The minimum atomic E-state index is 0.838. The van der Waals surface area contributed by atoms with E-state index >= 15 is 0 Å². The molecule has 0 fully saturated rings. The standard InChI is InChI=1S/C26H13N3O2/c1-2-6-19-14(4-1)17-12-22-18(13-21(17)30-19)23-20(31-22)8-7-15-24-16(5-3-9-27-24)26-28-10-11-29(26)25(15)23/h1-13H. The second-order valence-electron chi connectivity index (χ2n) is 7.90. The molecule has 3 aromatic carbocycles. The molecule has 0 aliphatic heterocycles. The summed E-state index contributed by atoms with van der Waals surface area (Å²) >= 11 is 0. The third-order valence-corrected chi connectivity index (χ3v) is 6.29. The van der Waals surface area contributed by atoms with Crippen molar-refractivity contribution in [3.63, 3.8) is 0 Å². The van der Waals surface area contributed by atoms with Gasteiger partial charge in [-0.2, -0.15) is 0 Å². The summed E-state index contributed by atoms with van der Waals surface area (Å²) in [7, 11) is 0. The minimum absolute atomic E-state index is 0.838. The Kier molecular flexibility index (Phi) is 2.60. The first kappa shape index (κ1) is 15.5. The normalized spacial score (nSPS) is 12.5. The van der Waals surface area contributed by atoms with Crippen molar-refractivity contribution < 1.29 is 8.83 Å². The molecule has 0 bridgehead atoms. The molecular formula is C26H13N3O2. The van der Waals surface area contributed by atoms with Gasteiger partial charge >= 0.3 is 0 Å². The van der Waals surface area contributed by atoms with Gasteiger partial charge in [0, 0.05) is 45.5 Å². The Morgan fingerprint density at radius 1 is 0.613 bits per heavy atom. The summed E-state index contributed by atoms with van der Waals surface area (Å²) in [6, 6.07) is 20.4. The van der Waals surface area contributed by atoms with Gasteiger partial charge in [0.05, 0.1) is 16.4 Å². The number of hydrogen-bond donors (Lipinski definition) is 0. The van der Waals surface area contributed by atoms with Crippen molar-refractivity contribution in [2.75, 3.05) is 0 Å². The molecule has 31 heavy (non-hydrogen) atoms. The number of rotatable bonds is 0. The van der Waals surface area contributed by atoms with E-state index in [1.807, 2.05) is 48.9 Å². The average Bonchev–Trinajstić information content (AvgIpc) is 3.52. The summed E-state index contributed by atoms with van der Waals surface area (Å²) in [4.78, 5) is 9.31. The molecule has 5 heteroatoms.